The van der Waals surface area contributed by atoms with Gasteiger partial charge < -0.3 is 26.5 Å². The van der Waals surface area contributed by atoms with Gasteiger partial charge in [0.2, 0.25) is 0 Å². The van der Waals surface area contributed by atoms with Crippen LogP contribution in [0.25, 0.3) is 0 Å². The quantitative estimate of drug-likeness (QED) is 0.477. The van der Waals surface area contributed by atoms with Crippen molar-refractivity contribution in [3.63, 3.8) is 0 Å². The molecule has 1 saturated heterocycles. The summed E-state index contributed by atoms with van der Waals surface area (Å²) < 4.78 is 0. The minimum absolute atomic E-state index is 0.167. The zero-order valence-electron chi connectivity index (χ0n) is 16.1. The van der Waals surface area contributed by atoms with Gasteiger partial charge in [0.25, 0.3) is 5.91 Å². The third kappa shape index (κ3) is 6.11. The van der Waals surface area contributed by atoms with Crippen LogP contribution in [-0.4, -0.2) is 48.5 Å². The molecule has 1 aliphatic carbocycles. The van der Waals surface area contributed by atoms with Gasteiger partial charge in [0.15, 0.2) is 0 Å². The molecule has 0 saturated carbocycles. The van der Waals surface area contributed by atoms with Gasteiger partial charge in [-0.05, 0) is 76.8 Å². The van der Waals surface area contributed by atoms with E-state index in [0.29, 0.717) is 30.2 Å². The highest BCUT2D eigenvalue weighted by molar-refractivity contribution is 6.14. The minimum atomic E-state index is -0.801. The zero-order valence-corrected chi connectivity index (χ0v) is 16.1. The molecule has 5 N–H and O–H groups in total. The van der Waals surface area contributed by atoms with Crippen LogP contribution in [0.3, 0.4) is 0 Å². The number of rotatable bonds is 7. The van der Waals surface area contributed by atoms with Crippen LogP contribution in [-0.2, 0) is 4.79 Å². The number of piperidine rings is 1. The maximum Gasteiger partial charge on any atom is 0.251 e. The Morgan fingerprint density at radius 3 is 2.73 bits per heavy atom. The molecule has 144 valence electrons. The smallest absolute Gasteiger partial charge is 0.251 e. The van der Waals surface area contributed by atoms with Gasteiger partial charge in [-0.1, -0.05) is 0 Å². The summed E-state index contributed by atoms with van der Waals surface area (Å²) in [5, 5.41) is 27.4. The van der Waals surface area contributed by atoms with Crippen LogP contribution in [0, 0.1) is 11.3 Å². The molecule has 0 bridgehead atoms. The van der Waals surface area contributed by atoms with Gasteiger partial charge >= 0.3 is 0 Å². The molecule has 6 nitrogen and oxygen atoms in total. The number of nitrogens with one attached hydrogen (secondary N) is 4. The SMILES string of the molecule is CC1=C(C(=O)NCCC(C)(C)O)C=CC(=N)/C1=C\NCC1CCNCC1. The first-order valence-electron chi connectivity index (χ1n) is 9.41. The number of aliphatic hydroxyl groups is 1. The number of carbonyl (C=O) groups excluding carboxylic acids is 1. The van der Waals surface area contributed by atoms with Gasteiger partial charge in [-0.2, -0.15) is 0 Å². The van der Waals surface area contributed by atoms with Crippen molar-refractivity contribution in [3.8, 4) is 0 Å². The summed E-state index contributed by atoms with van der Waals surface area (Å²) >= 11 is 0. The lowest BCUT2D eigenvalue weighted by molar-refractivity contribution is -0.117. The van der Waals surface area contributed by atoms with E-state index in [4.69, 9.17) is 5.41 Å². The molecule has 0 unspecified atom stereocenters. The van der Waals surface area contributed by atoms with E-state index in [1.165, 1.54) is 0 Å². The van der Waals surface area contributed by atoms with Gasteiger partial charge in [-0.15, -0.1) is 0 Å². The maximum absolute atomic E-state index is 12.4. The van der Waals surface area contributed by atoms with Gasteiger partial charge in [0.1, 0.15) is 0 Å². The molecule has 0 aromatic carbocycles. The summed E-state index contributed by atoms with van der Waals surface area (Å²) in [5.41, 5.74) is 1.75. The lowest BCUT2D eigenvalue weighted by atomic mass is 9.92. The molecule has 0 atom stereocenters. The predicted octanol–water partition coefficient (Wildman–Crippen LogP) is 1.64. The topological polar surface area (TPSA) is 97.2 Å². The van der Waals surface area contributed by atoms with Crippen LogP contribution in [0.1, 0.15) is 40.0 Å². The van der Waals surface area contributed by atoms with Crippen molar-refractivity contribution in [3.05, 3.63) is 35.1 Å². The molecule has 0 aromatic rings. The molecule has 1 aliphatic heterocycles. The Morgan fingerprint density at radius 2 is 2.08 bits per heavy atom. The van der Waals surface area contributed by atoms with Gasteiger partial charge in [-0.25, -0.2) is 0 Å². The van der Waals surface area contributed by atoms with Crippen LogP contribution in [0.4, 0.5) is 0 Å². The first-order chi connectivity index (χ1) is 12.3. The van der Waals surface area contributed by atoms with Crippen LogP contribution in [0.2, 0.25) is 0 Å². The first-order valence-corrected chi connectivity index (χ1v) is 9.41. The highest BCUT2D eigenvalue weighted by atomic mass is 16.3. The molecule has 0 spiro atoms. The van der Waals surface area contributed by atoms with Crippen LogP contribution in [0.15, 0.2) is 35.1 Å². The summed E-state index contributed by atoms with van der Waals surface area (Å²) in [6.45, 7) is 8.76. The number of amides is 1. The van der Waals surface area contributed by atoms with E-state index in [1.807, 2.05) is 13.1 Å². The molecule has 2 rings (SSSR count). The Morgan fingerprint density at radius 1 is 1.38 bits per heavy atom. The molecule has 0 radical (unpaired) electrons. The molecule has 26 heavy (non-hydrogen) atoms. The second-order valence-corrected chi connectivity index (χ2v) is 7.76. The molecule has 6 heteroatoms. The number of carbonyl (C=O) groups is 1. The van der Waals surface area contributed by atoms with E-state index in [-0.39, 0.29) is 5.91 Å². The molecular formula is C20H32N4O2. The van der Waals surface area contributed by atoms with E-state index in [2.05, 4.69) is 16.0 Å². The number of hydrogen-bond acceptors (Lipinski definition) is 5. The predicted molar refractivity (Wildman–Crippen MR) is 105 cm³/mol. The Labute approximate surface area is 156 Å². The molecule has 2 aliphatic rings. The van der Waals surface area contributed by atoms with Crippen molar-refractivity contribution in [2.75, 3.05) is 26.2 Å². The normalized spacial score (nSPS) is 20.6. The highest BCUT2D eigenvalue weighted by Gasteiger charge is 2.20. The van der Waals surface area contributed by atoms with E-state index >= 15 is 0 Å². The van der Waals surface area contributed by atoms with Crippen LogP contribution >= 0.6 is 0 Å². The largest absolute Gasteiger partial charge is 0.390 e. The first kappa shape index (κ1) is 20.4. The summed E-state index contributed by atoms with van der Waals surface area (Å²) in [4.78, 5) is 12.4. The lowest BCUT2D eigenvalue weighted by Crippen LogP contribution is -2.33. The molecule has 1 fully saturated rings. The Bertz CT molecular complexity index is 620. The summed E-state index contributed by atoms with van der Waals surface area (Å²) in [5.74, 6) is 0.482. The van der Waals surface area contributed by atoms with E-state index in [9.17, 15) is 9.90 Å². The number of allylic oxidation sites excluding steroid dienone is 3. The van der Waals surface area contributed by atoms with Crippen LogP contribution < -0.4 is 16.0 Å². The summed E-state index contributed by atoms with van der Waals surface area (Å²) in [6.07, 6.45) is 8.05. The second kappa shape index (κ2) is 9.14. The van der Waals surface area contributed by atoms with Crippen molar-refractivity contribution in [1.82, 2.24) is 16.0 Å². The van der Waals surface area contributed by atoms with Crippen molar-refractivity contribution in [2.24, 2.45) is 5.92 Å². The summed E-state index contributed by atoms with van der Waals surface area (Å²) in [6, 6.07) is 0. The number of hydrogen-bond donors (Lipinski definition) is 5. The second-order valence-electron chi connectivity index (χ2n) is 7.76. The van der Waals surface area contributed by atoms with Crippen molar-refractivity contribution in [2.45, 2.75) is 45.6 Å². The van der Waals surface area contributed by atoms with Crippen molar-refractivity contribution < 1.29 is 9.90 Å². The zero-order chi connectivity index (χ0) is 19.2. The Balaban J connectivity index is 1.97. The summed E-state index contributed by atoms with van der Waals surface area (Å²) in [7, 11) is 0. The molecule has 0 aromatic heterocycles. The van der Waals surface area contributed by atoms with E-state index in [1.54, 1.807) is 26.0 Å². The fourth-order valence-corrected chi connectivity index (χ4v) is 3.15. The fraction of sp³-hybridized carbons (Fsp3) is 0.600. The average molecular weight is 361 g/mol. The van der Waals surface area contributed by atoms with Gasteiger partial charge in [0.05, 0.1) is 11.3 Å². The molecular weight excluding hydrogens is 328 g/mol. The van der Waals surface area contributed by atoms with Crippen molar-refractivity contribution >= 4 is 11.6 Å². The van der Waals surface area contributed by atoms with Gasteiger partial charge in [-0.3, -0.25) is 4.79 Å². The Hall–Kier alpha value is -1.92. The Kier molecular flexibility index (Phi) is 7.17. The monoisotopic (exact) mass is 360 g/mol. The third-order valence-corrected chi connectivity index (χ3v) is 4.89. The minimum Gasteiger partial charge on any atom is -0.390 e. The fourth-order valence-electron chi connectivity index (χ4n) is 3.15. The molecule has 1 amide bonds. The van der Waals surface area contributed by atoms with Gasteiger partial charge in [0, 0.05) is 30.4 Å². The highest BCUT2D eigenvalue weighted by Crippen LogP contribution is 2.22. The average Bonchev–Trinajstić information content (AvgIpc) is 2.57. The third-order valence-electron chi connectivity index (χ3n) is 4.89. The lowest BCUT2D eigenvalue weighted by Gasteiger charge is -2.23. The van der Waals surface area contributed by atoms with Crippen molar-refractivity contribution in [1.29, 1.82) is 5.41 Å². The van der Waals surface area contributed by atoms with E-state index in [0.717, 1.165) is 43.6 Å². The van der Waals surface area contributed by atoms with E-state index < -0.39 is 5.60 Å². The maximum atomic E-state index is 12.4. The van der Waals surface area contributed by atoms with Crippen LogP contribution in [0.5, 0.6) is 0 Å². The standard InChI is InChI=1S/C20H32N4O2/c1-14-16(19(25)24-11-8-20(2,3)26)4-5-18(21)17(14)13-23-12-15-6-9-22-10-7-15/h4-5,13,15,21-23,26H,6-12H2,1-3H3,(H,24,25)/b17-13-,21-18?. The molecule has 1 heterocycles.